The van der Waals surface area contributed by atoms with Gasteiger partial charge in [0.25, 0.3) is 0 Å². The number of rotatable bonds is 4. The highest BCUT2D eigenvalue weighted by Gasteiger charge is 2.32. The first-order valence-electron chi connectivity index (χ1n) is 7.67. The zero-order valence-corrected chi connectivity index (χ0v) is 14.5. The molecule has 0 saturated carbocycles. The van der Waals surface area contributed by atoms with Gasteiger partial charge in [0.1, 0.15) is 11.1 Å². The second-order valence-corrected chi connectivity index (χ2v) is 6.63. The number of hydrogen-bond donors (Lipinski definition) is 0. The molecule has 2 atom stereocenters. The summed E-state index contributed by atoms with van der Waals surface area (Å²) in [5.74, 6) is 0.682. The van der Waals surface area contributed by atoms with Crippen LogP contribution in [0.2, 0.25) is 0 Å². The summed E-state index contributed by atoms with van der Waals surface area (Å²) in [5, 5.41) is 1.86. The predicted octanol–water partition coefficient (Wildman–Crippen LogP) is 5.39. The topological polar surface area (TPSA) is 25.4 Å². The summed E-state index contributed by atoms with van der Waals surface area (Å²) in [6.07, 6.45) is -0.713. The van der Waals surface area contributed by atoms with Gasteiger partial charge in [0.05, 0.1) is 30.6 Å². The number of halogens is 3. The van der Waals surface area contributed by atoms with Crippen LogP contribution in [0.3, 0.4) is 0 Å². The van der Waals surface area contributed by atoms with Crippen LogP contribution in [-0.2, 0) is 6.18 Å². The zero-order chi connectivity index (χ0) is 18.0. The quantitative estimate of drug-likeness (QED) is 0.725. The van der Waals surface area contributed by atoms with Crippen LogP contribution in [0.15, 0.2) is 54.2 Å². The Morgan fingerprint density at radius 1 is 1.16 bits per heavy atom. The van der Waals surface area contributed by atoms with E-state index in [0.29, 0.717) is 5.75 Å². The lowest BCUT2D eigenvalue weighted by Gasteiger charge is -2.31. The van der Waals surface area contributed by atoms with Gasteiger partial charge in [-0.1, -0.05) is 12.1 Å². The van der Waals surface area contributed by atoms with E-state index in [9.17, 15) is 13.2 Å². The van der Waals surface area contributed by atoms with Crippen molar-refractivity contribution in [2.24, 2.45) is 0 Å². The van der Waals surface area contributed by atoms with Crippen molar-refractivity contribution in [1.82, 2.24) is 9.88 Å². The van der Waals surface area contributed by atoms with E-state index in [2.05, 4.69) is 9.88 Å². The molecule has 0 amide bonds. The highest BCUT2D eigenvalue weighted by Crippen LogP contribution is 2.44. The summed E-state index contributed by atoms with van der Waals surface area (Å²) in [6.45, 7) is 2.02. The van der Waals surface area contributed by atoms with E-state index in [1.807, 2.05) is 30.7 Å². The first-order chi connectivity index (χ1) is 11.9. The SMILES string of the molecule is COc1ccc(C(C)N2C=CS[C@@H]2c2ccc(C(F)(F)F)cc2)nc1. The maximum atomic E-state index is 12.7. The number of alkyl halides is 3. The van der Waals surface area contributed by atoms with Crippen molar-refractivity contribution >= 4 is 11.8 Å². The molecule has 0 radical (unpaired) electrons. The Morgan fingerprint density at radius 3 is 2.44 bits per heavy atom. The molecule has 1 unspecified atom stereocenters. The van der Waals surface area contributed by atoms with Crippen molar-refractivity contribution in [3.63, 3.8) is 0 Å². The number of pyridine rings is 1. The Kier molecular flexibility index (Phi) is 4.94. The summed E-state index contributed by atoms with van der Waals surface area (Å²) in [7, 11) is 1.58. The highest BCUT2D eigenvalue weighted by atomic mass is 32.2. The fourth-order valence-electron chi connectivity index (χ4n) is 2.66. The van der Waals surface area contributed by atoms with Crippen LogP contribution >= 0.6 is 11.8 Å². The van der Waals surface area contributed by atoms with Gasteiger partial charge < -0.3 is 9.64 Å². The smallest absolute Gasteiger partial charge is 0.416 e. The fourth-order valence-corrected chi connectivity index (χ4v) is 3.73. The van der Waals surface area contributed by atoms with Gasteiger partial charge in [-0.25, -0.2) is 0 Å². The Balaban J connectivity index is 1.80. The van der Waals surface area contributed by atoms with Crippen LogP contribution in [0.25, 0.3) is 0 Å². The highest BCUT2D eigenvalue weighted by molar-refractivity contribution is 8.02. The standard InChI is InChI=1S/C18H17F3N2OS/c1-12(16-8-7-15(24-2)11-22-16)23-9-10-25-17(23)13-3-5-14(6-4-13)18(19,20)21/h3-12,17H,1-2H3/t12?,17-/m1/s1. The Morgan fingerprint density at radius 2 is 1.88 bits per heavy atom. The summed E-state index contributed by atoms with van der Waals surface area (Å²) in [4.78, 5) is 6.50. The van der Waals surface area contributed by atoms with Crippen molar-refractivity contribution < 1.29 is 17.9 Å². The van der Waals surface area contributed by atoms with Gasteiger partial charge in [0.15, 0.2) is 0 Å². The van der Waals surface area contributed by atoms with E-state index >= 15 is 0 Å². The molecule has 3 rings (SSSR count). The Labute approximate surface area is 148 Å². The van der Waals surface area contributed by atoms with Crippen molar-refractivity contribution in [2.75, 3.05) is 7.11 Å². The van der Waals surface area contributed by atoms with Crippen molar-refractivity contribution in [3.8, 4) is 5.75 Å². The van der Waals surface area contributed by atoms with Crippen molar-refractivity contribution in [1.29, 1.82) is 0 Å². The number of thioether (sulfide) groups is 1. The van der Waals surface area contributed by atoms with Crippen LogP contribution in [0.1, 0.15) is 35.2 Å². The minimum Gasteiger partial charge on any atom is -0.495 e. The third kappa shape index (κ3) is 3.76. The number of ether oxygens (including phenoxy) is 1. The largest absolute Gasteiger partial charge is 0.495 e. The molecule has 0 saturated heterocycles. The van der Waals surface area contributed by atoms with Gasteiger partial charge in [-0.2, -0.15) is 13.2 Å². The molecule has 1 aromatic carbocycles. The van der Waals surface area contributed by atoms with E-state index in [4.69, 9.17) is 4.74 Å². The summed E-state index contributed by atoms with van der Waals surface area (Å²) < 4.78 is 43.3. The second kappa shape index (κ2) is 7.00. The molecule has 7 heteroatoms. The molecular formula is C18H17F3N2OS. The second-order valence-electron chi connectivity index (χ2n) is 5.64. The lowest BCUT2D eigenvalue weighted by Crippen LogP contribution is -2.23. The van der Waals surface area contributed by atoms with Crippen molar-refractivity contribution in [2.45, 2.75) is 24.5 Å². The van der Waals surface area contributed by atoms with Crippen molar-refractivity contribution in [3.05, 3.63) is 71.0 Å². The molecule has 1 aliphatic heterocycles. The summed E-state index contributed by atoms with van der Waals surface area (Å²) in [5.41, 5.74) is 1.05. The maximum absolute atomic E-state index is 12.7. The molecule has 25 heavy (non-hydrogen) atoms. The van der Waals surface area contributed by atoms with Crippen LogP contribution in [0.5, 0.6) is 5.75 Å². The number of aromatic nitrogens is 1. The van der Waals surface area contributed by atoms with Gasteiger partial charge in [-0.15, -0.1) is 11.8 Å². The number of hydrogen-bond acceptors (Lipinski definition) is 4. The third-order valence-electron chi connectivity index (χ3n) is 4.10. The van der Waals surface area contributed by atoms with E-state index in [-0.39, 0.29) is 11.4 Å². The first-order valence-corrected chi connectivity index (χ1v) is 8.61. The third-order valence-corrected chi connectivity index (χ3v) is 5.16. The van der Waals surface area contributed by atoms with Gasteiger partial charge in [0.2, 0.25) is 0 Å². The lowest BCUT2D eigenvalue weighted by molar-refractivity contribution is -0.137. The summed E-state index contributed by atoms with van der Waals surface area (Å²) in [6, 6.07) is 9.04. The Hall–Kier alpha value is -2.15. The van der Waals surface area contributed by atoms with Crippen LogP contribution < -0.4 is 4.74 Å². The predicted molar refractivity (Wildman–Crippen MR) is 92.0 cm³/mol. The molecule has 132 valence electrons. The van der Waals surface area contributed by atoms with Gasteiger partial charge in [-0.3, -0.25) is 4.98 Å². The number of benzene rings is 1. The minimum atomic E-state index is -4.32. The first kappa shape index (κ1) is 17.7. The van der Waals surface area contributed by atoms with Crippen LogP contribution in [0.4, 0.5) is 13.2 Å². The molecule has 2 aromatic rings. The molecule has 1 aliphatic rings. The Bertz CT molecular complexity index is 744. The molecule has 0 spiro atoms. The zero-order valence-electron chi connectivity index (χ0n) is 13.7. The monoisotopic (exact) mass is 366 g/mol. The molecule has 1 aromatic heterocycles. The maximum Gasteiger partial charge on any atom is 0.416 e. The minimum absolute atomic E-state index is 0.0237. The van der Waals surface area contributed by atoms with Gasteiger partial charge >= 0.3 is 6.18 Å². The van der Waals surface area contributed by atoms with Crippen LogP contribution in [-0.4, -0.2) is 17.0 Å². The summed E-state index contributed by atoms with van der Waals surface area (Å²) >= 11 is 1.56. The van der Waals surface area contributed by atoms with E-state index in [1.165, 1.54) is 12.1 Å². The van der Waals surface area contributed by atoms with Gasteiger partial charge in [0, 0.05) is 6.20 Å². The molecular weight excluding hydrogens is 349 g/mol. The number of methoxy groups -OCH3 is 1. The molecule has 0 bridgehead atoms. The van der Waals surface area contributed by atoms with E-state index < -0.39 is 11.7 Å². The average Bonchev–Trinajstić information content (AvgIpc) is 3.10. The normalized spacial score (nSPS) is 18.4. The molecule has 2 heterocycles. The molecule has 0 fully saturated rings. The fraction of sp³-hybridized carbons (Fsp3) is 0.278. The lowest BCUT2D eigenvalue weighted by atomic mass is 10.1. The number of nitrogens with zero attached hydrogens (tertiary/aromatic N) is 2. The molecule has 0 aliphatic carbocycles. The van der Waals surface area contributed by atoms with E-state index in [1.54, 1.807) is 25.1 Å². The van der Waals surface area contributed by atoms with Gasteiger partial charge in [-0.05, 0) is 42.2 Å². The molecule has 0 N–H and O–H groups in total. The van der Waals surface area contributed by atoms with Crippen LogP contribution in [0, 0.1) is 0 Å². The van der Waals surface area contributed by atoms with E-state index in [0.717, 1.165) is 23.4 Å². The molecule has 3 nitrogen and oxygen atoms in total. The average molecular weight is 366 g/mol.